The van der Waals surface area contributed by atoms with Gasteiger partial charge in [0.2, 0.25) is 0 Å². The van der Waals surface area contributed by atoms with Crippen molar-refractivity contribution in [2.75, 3.05) is 16.5 Å². The van der Waals surface area contributed by atoms with Crippen molar-refractivity contribution in [3.63, 3.8) is 0 Å². The molecular weight excluding hydrogens is 745 g/mol. The first-order chi connectivity index (χ1) is 34.0. The molecule has 0 bridgehead atoms. The molecule has 3 aliphatic heterocycles. The lowest BCUT2D eigenvalue weighted by molar-refractivity contribution is 0.483. The third-order valence-corrected chi connectivity index (χ3v) is 11.5. The molecule has 0 atom stereocenters. The molecule has 6 aromatic carbocycles. The standard InChI is InChI=1S/C54H44BN5O/c1-54(2,3)40-29-31-56-51(33-40)60-47-24-11-10-23-44(47)45-28-27-43(35-50(45)60)61-42-22-16-21-41(34-42)58-37-59(49-26-13-12-25-48(49)58)53-46(38-17-6-4-7-18-38)36-57-32-15-14-30-55(57)52(53)39-19-8-5-9-20-39/h4-36H,37H2,1-3H3/i4D,5D,6D,7D,8D,9D,17D,18D,19D,20D. The van der Waals surface area contributed by atoms with Crippen LogP contribution in [-0.2, 0) is 5.41 Å². The van der Waals surface area contributed by atoms with Gasteiger partial charge in [-0.2, -0.15) is 0 Å². The molecule has 0 spiro atoms. The molecule has 8 aromatic rings. The van der Waals surface area contributed by atoms with Gasteiger partial charge in [0.1, 0.15) is 24.0 Å². The molecule has 0 aliphatic carbocycles. The summed E-state index contributed by atoms with van der Waals surface area (Å²) < 4.78 is 97.8. The van der Waals surface area contributed by atoms with Gasteiger partial charge in [-0.3, -0.25) is 4.57 Å². The van der Waals surface area contributed by atoms with Crippen LogP contribution in [0.4, 0.5) is 17.1 Å². The van der Waals surface area contributed by atoms with Crippen LogP contribution in [0.25, 0.3) is 38.7 Å². The first kappa shape index (κ1) is 27.3. The lowest BCUT2D eigenvalue weighted by Crippen LogP contribution is -2.40. The highest BCUT2D eigenvalue weighted by Crippen LogP contribution is 2.49. The van der Waals surface area contributed by atoms with Crippen LogP contribution in [0.2, 0.25) is 0 Å². The molecule has 5 heterocycles. The van der Waals surface area contributed by atoms with Gasteiger partial charge in [0, 0.05) is 52.3 Å². The quantitative estimate of drug-likeness (QED) is 0.150. The molecule has 294 valence electrons. The topological polar surface area (TPSA) is 36.8 Å². The van der Waals surface area contributed by atoms with E-state index in [4.69, 9.17) is 17.9 Å². The Balaban J connectivity index is 1.05. The summed E-state index contributed by atoms with van der Waals surface area (Å²) in [6, 6.07) is 28.8. The fourth-order valence-electron chi connectivity index (χ4n) is 8.63. The molecule has 0 N–H and O–H groups in total. The minimum absolute atomic E-state index is 0.0704. The average Bonchev–Trinajstić information content (AvgIpc) is 3.92. The van der Waals surface area contributed by atoms with Gasteiger partial charge >= 0.3 is 6.85 Å². The minimum Gasteiger partial charge on any atom is -0.457 e. The van der Waals surface area contributed by atoms with Gasteiger partial charge < -0.3 is 19.3 Å². The molecule has 6 nitrogen and oxygen atoms in total. The lowest BCUT2D eigenvalue weighted by Gasteiger charge is -2.38. The minimum atomic E-state index is -0.723. The normalized spacial score (nSPS) is 17.1. The van der Waals surface area contributed by atoms with Crippen molar-refractivity contribution in [1.82, 2.24) is 14.4 Å². The molecule has 0 unspecified atom stereocenters. The van der Waals surface area contributed by atoms with Crippen molar-refractivity contribution < 1.29 is 18.4 Å². The number of allylic oxidation sites excluding steroid dienone is 3. The van der Waals surface area contributed by atoms with E-state index < -0.39 is 67.3 Å². The second kappa shape index (κ2) is 14.6. The van der Waals surface area contributed by atoms with Gasteiger partial charge in [-0.25, -0.2) is 4.98 Å². The average molecular weight is 800 g/mol. The summed E-state index contributed by atoms with van der Waals surface area (Å²) >= 11 is 0. The third kappa shape index (κ3) is 6.41. The van der Waals surface area contributed by atoms with Crippen molar-refractivity contribution in [1.29, 1.82) is 0 Å². The summed E-state index contributed by atoms with van der Waals surface area (Å²) in [4.78, 5) is 10.6. The second-order valence-electron chi connectivity index (χ2n) is 16.2. The summed E-state index contributed by atoms with van der Waals surface area (Å²) in [5, 5.41) is 2.14. The molecule has 0 saturated heterocycles. The maximum Gasteiger partial charge on any atom is 0.322 e. The van der Waals surface area contributed by atoms with Gasteiger partial charge in [0.15, 0.2) is 0 Å². The van der Waals surface area contributed by atoms with E-state index in [2.05, 4.69) is 60.6 Å². The number of pyridine rings is 1. The molecule has 2 aromatic heterocycles. The van der Waals surface area contributed by atoms with Crippen molar-refractivity contribution in [2.24, 2.45) is 0 Å². The van der Waals surface area contributed by atoms with E-state index in [1.165, 1.54) is 0 Å². The zero-order valence-electron chi connectivity index (χ0n) is 43.7. The number of nitrogens with zero attached hydrogens (tertiary/aromatic N) is 5. The number of aromatic nitrogens is 2. The summed E-state index contributed by atoms with van der Waals surface area (Å²) in [6.45, 7) is 5.94. The molecule has 0 fully saturated rings. The number of anilines is 3. The van der Waals surface area contributed by atoms with Crippen molar-refractivity contribution >= 4 is 56.8 Å². The zero-order chi connectivity index (χ0) is 49.8. The van der Waals surface area contributed by atoms with Crippen LogP contribution in [0, 0.1) is 0 Å². The maximum atomic E-state index is 9.29. The van der Waals surface area contributed by atoms with Gasteiger partial charge in [-0.15, -0.1) is 0 Å². The largest absolute Gasteiger partial charge is 0.457 e. The number of rotatable bonds is 7. The Labute approximate surface area is 371 Å². The zero-order valence-corrected chi connectivity index (χ0v) is 33.7. The van der Waals surface area contributed by atoms with E-state index in [1.54, 1.807) is 23.3 Å². The molecule has 0 amide bonds. The van der Waals surface area contributed by atoms with E-state index in [1.807, 2.05) is 95.9 Å². The predicted octanol–water partition coefficient (Wildman–Crippen LogP) is 13.1. The summed E-state index contributed by atoms with van der Waals surface area (Å²) in [5.41, 5.74) is 5.86. The van der Waals surface area contributed by atoms with Crippen LogP contribution in [0.15, 0.2) is 206 Å². The lowest BCUT2D eigenvalue weighted by atomic mass is 9.49. The Morgan fingerprint density at radius 3 is 2.20 bits per heavy atom. The van der Waals surface area contributed by atoms with E-state index >= 15 is 0 Å². The van der Waals surface area contributed by atoms with E-state index in [0.717, 1.165) is 44.6 Å². The number of para-hydroxylation sites is 3. The second-order valence-corrected chi connectivity index (χ2v) is 16.2. The van der Waals surface area contributed by atoms with Crippen LogP contribution in [-0.4, -0.2) is 27.9 Å². The van der Waals surface area contributed by atoms with Crippen molar-refractivity contribution in [2.45, 2.75) is 26.2 Å². The Bertz CT molecular complexity index is 3650. The Morgan fingerprint density at radius 1 is 0.672 bits per heavy atom. The Kier molecular flexibility index (Phi) is 6.55. The molecule has 0 saturated carbocycles. The van der Waals surface area contributed by atoms with Crippen LogP contribution in [0.1, 0.15) is 51.2 Å². The maximum absolute atomic E-state index is 9.29. The summed E-state index contributed by atoms with van der Waals surface area (Å²) in [5.74, 6) is 3.82. The molecular formula is C54H44BN5O. The van der Waals surface area contributed by atoms with Gasteiger partial charge in [0.05, 0.1) is 36.1 Å². The number of benzene rings is 6. The molecule has 61 heavy (non-hydrogen) atoms. The Morgan fingerprint density at radius 2 is 1.39 bits per heavy atom. The number of fused-ring (bicyclic) bond motifs is 5. The number of hydrogen-bond acceptors (Lipinski definition) is 5. The molecule has 11 rings (SSSR count). The van der Waals surface area contributed by atoms with E-state index in [9.17, 15) is 5.48 Å². The first-order valence-electron chi connectivity index (χ1n) is 25.2. The summed E-state index contributed by atoms with van der Waals surface area (Å²) in [6.07, 6.45) is 8.90. The highest BCUT2D eigenvalue weighted by Gasteiger charge is 2.39. The highest BCUT2D eigenvalue weighted by atomic mass is 16.5. The van der Waals surface area contributed by atoms with Crippen LogP contribution < -0.4 is 14.5 Å². The monoisotopic (exact) mass is 799 g/mol. The summed E-state index contributed by atoms with van der Waals surface area (Å²) in [7, 11) is 0. The molecule has 3 aliphatic rings. The fraction of sp³-hybridized carbons (Fsp3) is 0.0926. The third-order valence-electron chi connectivity index (χ3n) is 11.5. The number of hydrogen-bond donors (Lipinski definition) is 0. The van der Waals surface area contributed by atoms with Gasteiger partial charge in [0.25, 0.3) is 0 Å². The predicted molar refractivity (Wildman–Crippen MR) is 253 cm³/mol. The van der Waals surface area contributed by atoms with E-state index in [0.29, 0.717) is 28.4 Å². The smallest absolute Gasteiger partial charge is 0.322 e. The van der Waals surface area contributed by atoms with Crippen LogP contribution in [0.5, 0.6) is 11.5 Å². The number of ether oxygens (including phenoxy) is 1. The molecule has 0 radical (unpaired) electrons. The van der Waals surface area contributed by atoms with Gasteiger partial charge in [-0.05, 0) is 94.5 Å². The SMILES string of the molecule is [2H]c1c([2H])c([2H])c(C2=CN3C=CC=CB3C(c3c([2H])c([2H])c([2H])c([2H])c3[2H])=C2N2CN(c3cccc(Oc4ccc5c6ccccc6n(-c6cc(C(C)(C)C)ccn6)c5c4)c3)c3ccccc32)c([2H])c1[2H]. The first-order valence-corrected chi connectivity index (χ1v) is 20.2. The van der Waals surface area contributed by atoms with E-state index in [-0.39, 0.29) is 28.8 Å². The highest BCUT2D eigenvalue weighted by molar-refractivity contribution is 6.82. The van der Waals surface area contributed by atoms with Crippen LogP contribution in [0.3, 0.4) is 0 Å². The Hall–Kier alpha value is -7.51. The van der Waals surface area contributed by atoms with Crippen LogP contribution >= 0.6 is 0 Å². The fourth-order valence-corrected chi connectivity index (χ4v) is 8.63. The molecule has 7 heteroatoms. The van der Waals surface area contributed by atoms with Gasteiger partial charge in [-0.1, -0.05) is 130 Å². The van der Waals surface area contributed by atoms with Crippen molar-refractivity contribution in [3.8, 4) is 17.3 Å². The van der Waals surface area contributed by atoms with Crippen molar-refractivity contribution in [3.05, 3.63) is 223 Å².